The van der Waals surface area contributed by atoms with Crippen molar-refractivity contribution in [3.63, 3.8) is 0 Å². The second-order valence-electron chi connectivity index (χ2n) is 3.76. The van der Waals surface area contributed by atoms with E-state index in [0.717, 1.165) is 31.2 Å². The summed E-state index contributed by atoms with van der Waals surface area (Å²) in [6.07, 6.45) is 0. The molecule has 1 aromatic heterocycles. The molecule has 1 atom stereocenters. The third kappa shape index (κ3) is 1.91. The van der Waals surface area contributed by atoms with E-state index in [1.54, 1.807) is 11.3 Å². The van der Waals surface area contributed by atoms with E-state index in [9.17, 15) is 5.26 Å². The number of hydrogen-bond acceptors (Lipinski definition) is 4. The Morgan fingerprint density at radius 1 is 1.53 bits per heavy atom. The lowest BCUT2D eigenvalue weighted by molar-refractivity contribution is 0.00143. The first-order valence-electron chi connectivity index (χ1n) is 5.05. The Labute approximate surface area is 93.9 Å². The van der Waals surface area contributed by atoms with E-state index in [1.165, 1.54) is 0 Å². The van der Waals surface area contributed by atoms with Crippen LogP contribution in [0, 0.1) is 11.3 Å². The molecule has 2 rings (SSSR count). The van der Waals surface area contributed by atoms with Crippen LogP contribution in [0.25, 0.3) is 0 Å². The van der Waals surface area contributed by atoms with Crippen LogP contribution in [0.15, 0.2) is 17.5 Å². The monoisotopic (exact) mass is 222 g/mol. The van der Waals surface area contributed by atoms with E-state index < -0.39 is 5.54 Å². The second-order valence-corrected chi connectivity index (χ2v) is 4.71. The van der Waals surface area contributed by atoms with Crippen molar-refractivity contribution in [1.29, 1.82) is 5.26 Å². The molecule has 0 spiro atoms. The van der Waals surface area contributed by atoms with Gasteiger partial charge in [0.1, 0.15) is 5.54 Å². The maximum Gasteiger partial charge on any atom is 0.141 e. The average Bonchev–Trinajstić information content (AvgIpc) is 2.83. The zero-order chi connectivity index (χ0) is 10.7. The summed E-state index contributed by atoms with van der Waals surface area (Å²) >= 11 is 1.64. The molecule has 80 valence electrons. The summed E-state index contributed by atoms with van der Waals surface area (Å²) in [5.41, 5.74) is -0.488. The highest BCUT2D eigenvalue weighted by Gasteiger charge is 2.35. The number of morpholine rings is 1. The third-order valence-corrected chi connectivity index (χ3v) is 3.94. The fraction of sp³-hybridized carbons (Fsp3) is 0.545. The average molecular weight is 222 g/mol. The lowest BCUT2D eigenvalue weighted by Crippen LogP contribution is -2.48. The number of hydrogen-bond donors (Lipinski definition) is 0. The van der Waals surface area contributed by atoms with Crippen LogP contribution in [0.5, 0.6) is 0 Å². The summed E-state index contributed by atoms with van der Waals surface area (Å²) in [6, 6.07) is 6.46. The van der Waals surface area contributed by atoms with Crippen molar-refractivity contribution in [2.75, 3.05) is 26.3 Å². The molecule has 1 fully saturated rings. The van der Waals surface area contributed by atoms with E-state index in [0.29, 0.717) is 0 Å². The molecule has 1 aliphatic heterocycles. The van der Waals surface area contributed by atoms with Crippen LogP contribution in [-0.4, -0.2) is 31.2 Å². The van der Waals surface area contributed by atoms with Crippen molar-refractivity contribution >= 4 is 11.3 Å². The second kappa shape index (κ2) is 4.31. The van der Waals surface area contributed by atoms with Crippen LogP contribution >= 0.6 is 11.3 Å². The van der Waals surface area contributed by atoms with Gasteiger partial charge in [0, 0.05) is 18.0 Å². The number of ether oxygens (including phenoxy) is 1. The Bertz CT molecular complexity index is 351. The van der Waals surface area contributed by atoms with Crippen molar-refractivity contribution in [1.82, 2.24) is 4.90 Å². The summed E-state index contributed by atoms with van der Waals surface area (Å²) in [4.78, 5) is 3.31. The van der Waals surface area contributed by atoms with Crippen LogP contribution in [-0.2, 0) is 10.3 Å². The summed E-state index contributed by atoms with van der Waals surface area (Å²) in [6.45, 7) is 5.11. The van der Waals surface area contributed by atoms with Gasteiger partial charge in [-0.15, -0.1) is 11.3 Å². The predicted molar refractivity (Wildman–Crippen MR) is 59.7 cm³/mol. The molecule has 0 aliphatic carbocycles. The molecule has 0 N–H and O–H groups in total. The van der Waals surface area contributed by atoms with Crippen molar-refractivity contribution in [3.8, 4) is 6.07 Å². The molecular formula is C11H14N2OS. The van der Waals surface area contributed by atoms with Crippen LogP contribution < -0.4 is 0 Å². The summed E-state index contributed by atoms with van der Waals surface area (Å²) in [5, 5.41) is 11.4. The summed E-state index contributed by atoms with van der Waals surface area (Å²) in [5.74, 6) is 0. The number of nitrogens with zero attached hydrogens (tertiary/aromatic N) is 2. The fourth-order valence-electron chi connectivity index (χ4n) is 1.85. The van der Waals surface area contributed by atoms with Crippen LogP contribution in [0.4, 0.5) is 0 Å². The molecule has 1 saturated heterocycles. The number of rotatable bonds is 2. The molecule has 1 unspecified atom stereocenters. The van der Waals surface area contributed by atoms with Gasteiger partial charge < -0.3 is 4.74 Å². The summed E-state index contributed by atoms with van der Waals surface area (Å²) in [7, 11) is 0. The Morgan fingerprint density at radius 2 is 2.27 bits per heavy atom. The minimum atomic E-state index is -0.488. The highest BCUT2D eigenvalue weighted by atomic mass is 32.1. The van der Waals surface area contributed by atoms with Gasteiger partial charge in [0.25, 0.3) is 0 Å². The molecule has 0 saturated carbocycles. The van der Waals surface area contributed by atoms with E-state index in [-0.39, 0.29) is 0 Å². The van der Waals surface area contributed by atoms with Crippen molar-refractivity contribution < 1.29 is 4.74 Å². The predicted octanol–water partition coefficient (Wildman–Crippen LogP) is 1.82. The largest absolute Gasteiger partial charge is 0.379 e. The SMILES string of the molecule is CC(C#N)(c1cccs1)N1CCOCC1. The molecular weight excluding hydrogens is 208 g/mol. The minimum Gasteiger partial charge on any atom is -0.379 e. The van der Waals surface area contributed by atoms with E-state index >= 15 is 0 Å². The van der Waals surface area contributed by atoms with Crippen molar-refractivity contribution in [3.05, 3.63) is 22.4 Å². The topological polar surface area (TPSA) is 36.3 Å². The van der Waals surface area contributed by atoms with Gasteiger partial charge in [-0.1, -0.05) is 6.07 Å². The van der Waals surface area contributed by atoms with Gasteiger partial charge in [0.2, 0.25) is 0 Å². The zero-order valence-corrected chi connectivity index (χ0v) is 9.59. The van der Waals surface area contributed by atoms with E-state index in [2.05, 4.69) is 11.0 Å². The standard InChI is InChI=1S/C11H14N2OS/c1-11(9-12,10-3-2-8-15-10)13-4-6-14-7-5-13/h2-3,8H,4-7H2,1H3. The van der Waals surface area contributed by atoms with E-state index in [1.807, 2.05) is 24.4 Å². The highest BCUT2D eigenvalue weighted by Crippen LogP contribution is 2.31. The zero-order valence-electron chi connectivity index (χ0n) is 8.77. The molecule has 3 nitrogen and oxygen atoms in total. The Hall–Kier alpha value is -0.890. The maximum atomic E-state index is 9.38. The first-order valence-corrected chi connectivity index (χ1v) is 5.93. The van der Waals surface area contributed by atoms with E-state index in [4.69, 9.17) is 4.74 Å². The number of thiophene rings is 1. The van der Waals surface area contributed by atoms with Gasteiger partial charge in [-0.3, -0.25) is 4.90 Å². The first kappa shape index (κ1) is 10.6. The molecule has 0 bridgehead atoms. The number of nitriles is 1. The normalized spacial score (nSPS) is 21.9. The minimum absolute atomic E-state index is 0.488. The molecule has 2 heterocycles. The molecule has 0 amide bonds. The van der Waals surface area contributed by atoms with Gasteiger partial charge in [-0.25, -0.2) is 0 Å². The molecule has 1 aliphatic rings. The molecule has 15 heavy (non-hydrogen) atoms. The molecule has 0 radical (unpaired) electrons. The Kier molecular flexibility index (Phi) is 3.06. The highest BCUT2D eigenvalue weighted by molar-refractivity contribution is 7.10. The van der Waals surface area contributed by atoms with Crippen molar-refractivity contribution in [2.45, 2.75) is 12.5 Å². The lowest BCUT2D eigenvalue weighted by Gasteiger charge is -2.37. The molecule has 4 heteroatoms. The van der Waals surface area contributed by atoms with Gasteiger partial charge in [-0.05, 0) is 18.4 Å². The lowest BCUT2D eigenvalue weighted by atomic mass is 9.99. The van der Waals surface area contributed by atoms with Crippen LogP contribution in [0.1, 0.15) is 11.8 Å². The van der Waals surface area contributed by atoms with Crippen LogP contribution in [0.3, 0.4) is 0 Å². The Morgan fingerprint density at radius 3 is 2.80 bits per heavy atom. The Balaban J connectivity index is 2.25. The smallest absolute Gasteiger partial charge is 0.141 e. The quantitative estimate of drug-likeness (QED) is 0.766. The third-order valence-electron chi connectivity index (χ3n) is 2.86. The fourth-order valence-corrected chi connectivity index (χ4v) is 2.71. The first-order chi connectivity index (χ1) is 7.27. The van der Waals surface area contributed by atoms with Gasteiger partial charge in [0.05, 0.1) is 19.3 Å². The van der Waals surface area contributed by atoms with Gasteiger partial charge >= 0.3 is 0 Å². The molecule has 1 aromatic rings. The van der Waals surface area contributed by atoms with Gasteiger partial charge in [0.15, 0.2) is 0 Å². The van der Waals surface area contributed by atoms with Crippen molar-refractivity contribution in [2.24, 2.45) is 0 Å². The maximum absolute atomic E-state index is 9.38. The van der Waals surface area contributed by atoms with Crippen LogP contribution in [0.2, 0.25) is 0 Å². The van der Waals surface area contributed by atoms with Gasteiger partial charge in [-0.2, -0.15) is 5.26 Å². The summed E-state index contributed by atoms with van der Waals surface area (Å²) < 4.78 is 5.31. The molecule has 0 aromatic carbocycles.